The van der Waals surface area contributed by atoms with E-state index in [2.05, 4.69) is 10.3 Å². The summed E-state index contributed by atoms with van der Waals surface area (Å²) >= 11 is 0. The van der Waals surface area contributed by atoms with Crippen LogP contribution in [0.5, 0.6) is 0 Å². The van der Waals surface area contributed by atoms with Gasteiger partial charge in [0.2, 0.25) is 0 Å². The van der Waals surface area contributed by atoms with Crippen LogP contribution in [0.1, 0.15) is 39.0 Å². The molecule has 26 heavy (non-hydrogen) atoms. The molecule has 1 fully saturated rings. The van der Waals surface area contributed by atoms with E-state index in [1.165, 1.54) is 23.0 Å². The number of hydrogen-bond acceptors (Lipinski definition) is 4. The molecule has 0 unspecified atom stereocenters. The largest absolute Gasteiger partial charge is 0.525 e. The van der Waals surface area contributed by atoms with Gasteiger partial charge in [-0.2, -0.15) is 0 Å². The molecule has 1 aliphatic heterocycles. The summed E-state index contributed by atoms with van der Waals surface area (Å²) in [6, 6.07) is 3.57. The molecule has 1 saturated heterocycles. The summed E-state index contributed by atoms with van der Waals surface area (Å²) in [5.41, 5.74) is -1.14. The van der Waals surface area contributed by atoms with Crippen molar-refractivity contribution in [3.8, 4) is 0 Å². The van der Waals surface area contributed by atoms with E-state index in [1.54, 1.807) is 0 Å². The molecule has 0 N–H and O–H groups in total. The number of halogens is 3. The van der Waals surface area contributed by atoms with Crippen molar-refractivity contribution in [2.75, 3.05) is 0 Å². The summed E-state index contributed by atoms with van der Waals surface area (Å²) in [4.78, 5) is 0. The molecule has 2 aromatic rings. The topological polar surface area (TPSA) is 49.2 Å². The van der Waals surface area contributed by atoms with Crippen molar-refractivity contribution in [1.82, 2.24) is 15.0 Å². The average Bonchev–Trinajstić information content (AvgIpc) is 3.05. The highest BCUT2D eigenvalue weighted by Crippen LogP contribution is 2.38. The van der Waals surface area contributed by atoms with Crippen molar-refractivity contribution in [2.45, 2.75) is 45.4 Å². The second-order valence-corrected chi connectivity index (χ2v) is 7.21. The molecule has 0 aliphatic carbocycles. The van der Waals surface area contributed by atoms with Gasteiger partial charge in [-0.15, -0.1) is 5.10 Å². The van der Waals surface area contributed by atoms with Crippen molar-refractivity contribution in [3.63, 3.8) is 0 Å². The van der Waals surface area contributed by atoms with E-state index < -0.39 is 35.7 Å². The molecule has 0 bridgehead atoms. The molecular weight excluding hydrogens is 346 g/mol. The lowest BCUT2D eigenvalue weighted by atomic mass is 9.87. The summed E-state index contributed by atoms with van der Waals surface area (Å²) in [5, 5.41) is 7.71. The first-order valence-corrected chi connectivity index (χ1v) is 8.14. The zero-order valence-corrected chi connectivity index (χ0v) is 15.0. The first kappa shape index (κ1) is 18.7. The number of nitrogens with zero attached hydrogens (tertiary/aromatic N) is 3. The third-order valence-corrected chi connectivity index (χ3v) is 4.65. The van der Waals surface area contributed by atoms with Crippen LogP contribution in [0.25, 0.3) is 6.08 Å². The minimum absolute atomic E-state index is 0.177. The van der Waals surface area contributed by atoms with Crippen LogP contribution in [-0.2, 0) is 15.9 Å². The monoisotopic (exact) mass is 365 g/mol. The normalized spacial score (nSPS) is 19.2. The van der Waals surface area contributed by atoms with E-state index >= 15 is 0 Å². The number of rotatable bonds is 4. The maximum Gasteiger partial charge on any atom is 0.525 e. The molecule has 2 heterocycles. The molecule has 138 valence electrons. The highest BCUT2D eigenvalue weighted by molar-refractivity contribution is 6.54. The first-order chi connectivity index (χ1) is 12.1. The van der Waals surface area contributed by atoms with Crippen LogP contribution in [0.2, 0.25) is 0 Å². The lowest BCUT2D eigenvalue weighted by molar-refractivity contribution is 0.00578. The zero-order chi connectivity index (χ0) is 19.1. The summed E-state index contributed by atoms with van der Waals surface area (Å²) in [5.74, 6) is -1.85. The van der Waals surface area contributed by atoms with E-state index in [9.17, 15) is 13.2 Å². The van der Waals surface area contributed by atoms with E-state index in [0.29, 0.717) is 5.56 Å². The van der Waals surface area contributed by atoms with Crippen LogP contribution in [0.15, 0.2) is 30.1 Å². The first-order valence-electron chi connectivity index (χ1n) is 8.14. The Hall–Kier alpha value is -2.13. The van der Waals surface area contributed by atoms with Gasteiger partial charge in [-0.3, -0.25) is 0 Å². The Bertz CT molecular complexity index is 836. The second-order valence-electron chi connectivity index (χ2n) is 7.21. The van der Waals surface area contributed by atoms with Gasteiger partial charge in [-0.25, -0.2) is 17.9 Å². The maximum absolute atomic E-state index is 14.5. The van der Waals surface area contributed by atoms with E-state index in [0.717, 1.165) is 12.1 Å². The maximum atomic E-state index is 14.5. The van der Waals surface area contributed by atoms with Gasteiger partial charge in [0.1, 0.15) is 11.4 Å². The lowest BCUT2D eigenvalue weighted by Crippen LogP contribution is -2.41. The van der Waals surface area contributed by atoms with Crippen molar-refractivity contribution in [3.05, 3.63) is 53.0 Å². The fourth-order valence-electron chi connectivity index (χ4n) is 2.45. The molecule has 0 radical (unpaired) electrons. The molecule has 5 nitrogen and oxygen atoms in total. The molecule has 0 amide bonds. The van der Waals surface area contributed by atoms with Crippen molar-refractivity contribution < 1.29 is 22.5 Å². The highest BCUT2D eigenvalue weighted by atomic mass is 19.2. The Morgan fingerprint density at radius 2 is 1.81 bits per heavy atom. The Morgan fingerprint density at radius 1 is 1.15 bits per heavy atom. The lowest BCUT2D eigenvalue weighted by Gasteiger charge is -2.32. The predicted molar refractivity (Wildman–Crippen MR) is 90.6 cm³/mol. The number of hydrogen-bond donors (Lipinski definition) is 0. The second kappa shape index (κ2) is 6.55. The van der Waals surface area contributed by atoms with E-state index in [1.807, 2.05) is 27.7 Å². The van der Waals surface area contributed by atoms with E-state index in [4.69, 9.17) is 9.31 Å². The molecule has 9 heteroatoms. The zero-order valence-electron chi connectivity index (χ0n) is 15.0. The van der Waals surface area contributed by atoms with Gasteiger partial charge in [0.25, 0.3) is 0 Å². The van der Waals surface area contributed by atoms with Crippen molar-refractivity contribution >= 4 is 13.2 Å². The minimum atomic E-state index is -1.11. The summed E-state index contributed by atoms with van der Waals surface area (Å²) in [6.07, 6.45) is 2.67. The smallest absolute Gasteiger partial charge is 0.398 e. The van der Waals surface area contributed by atoms with Crippen LogP contribution >= 0.6 is 0 Å². The van der Waals surface area contributed by atoms with Gasteiger partial charge in [0.05, 0.1) is 23.9 Å². The quantitative estimate of drug-likeness (QED) is 0.778. The fraction of sp³-hybridized carbons (Fsp3) is 0.412. The van der Waals surface area contributed by atoms with Crippen LogP contribution in [0.3, 0.4) is 0 Å². The Morgan fingerprint density at radius 3 is 2.42 bits per heavy atom. The Labute approximate surface area is 149 Å². The van der Waals surface area contributed by atoms with Gasteiger partial charge in [0, 0.05) is 0 Å². The molecule has 1 aromatic carbocycles. The van der Waals surface area contributed by atoms with E-state index in [-0.39, 0.29) is 12.2 Å². The third kappa shape index (κ3) is 3.68. The number of benzene rings is 1. The molecule has 1 aliphatic rings. The van der Waals surface area contributed by atoms with Gasteiger partial charge in [-0.05, 0) is 51.5 Å². The standard InChI is InChI=1S/C17H19BF3N3O2/c1-16(2)17(3,4)26-18(25-16)15(21)8-12-10-24(23-22-12)9-11-5-6-13(19)14(20)7-11/h5-8,10H,9H2,1-4H3. The van der Waals surface area contributed by atoms with Crippen LogP contribution < -0.4 is 0 Å². The number of aromatic nitrogens is 3. The highest BCUT2D eigenvalue weighted by Gasteiger charge is 2.53. The Balaban J connectivity index is 1.71. The van der Waals surface area contributed by atoms with Crippen LogP contribution in [0, 0.1) is 11.6 Å². The predicted octanol–water partition coefficient (Wildman–Crippen LogP) is 3.55. The molecule has 0 spiro atoms. The SMILES string of the molecule is CC1(C)OB(C(F)=Cc2cn(Cc3ccc(F)c(F)c3)nn2)OC1(C)C. The average molecular weight is 365 g/mol. The Kier molecular flexibility index (Phi) is 4.70. The van der Waals surface area contributed by atoms with Gasteiger partial charge in [0.15, 0.2) is 11.6 Å². The summed E-state index contributed by atoms with van der Waals surface area (Å²) in [6.45, 7) is 7.50. The minimum Gasteiger partial charge on any atom is -0.398 e. The van der Waals surface area contributed by atoms with Gasteiger partial charge in [-0.1, -0.05) is 11.3 Å². The van der Waals surface area contributed by atoms with Gasteiger partial charge >= 0.3 is 7.12 Å². The molecule has 0 atom stereocenters. The van der Waals surface area contributed by atoms with Gasteiger partial charge < -0.3 is 9.31 Å². The fourth-order valence-corrected chi connectivity index (χ4v) is 2.45. The van der Waals surface area contributed by atoms with Crippen LogP contribution in [-0.4, -0.2) is 33.3 Å². The molecule has 3 rings (SSSR count). The van der Waals surface area contributed by atoms with Crippen molar-refractivity contribution in [1.29, 1.82) is 0 Å². The molecular formula is C17H19BF3N3O2. The molecule has 0 saturated carbocycles. The van der Waals surface area contributed by atoms with Crippen molar-refractivity contribution in [2.24, 2.45) is 0 Å². The van der Waals surface area contributed by atoms with Crippen LogP contribution in [0.4, 0.5) is 13.2 Å². The third-order valence-electron chi connectivity index (χ3n) is 4.65. The molecule has 1 aromatic heterocycles. The summed E-state index contributed by atoms with van der Waals surface area (Å²) < 4.78 is 53.3. The summed E-state index contributed by atoms with van der Waals surface area (Å²) in [7, 11) is -1.11.